The van der Waals surface area contributed by atoms with Gasteiger partial charge in [-0.3, -0.25) is 9.59 Å². The number of benzene rings is 1. The summed E-state index contributed by atoms with van der Waals surface area (Å²) in [6.07, 6.45) is -0.366. The third-order valence-electron chi connectivity index (χ3n) is 2.57. The molecule has 0 aliphatic rings. The van der Waals surface area contributed by atoms with Crippen molar-refractivity contribution < 1.29 is 23.9 Å². The number of carboxylic acids is 1. The molecule has 1 atom stereocenters. The average molecular weight is 282 g/mol. The summed E-state index contributed by atoms with van der Waals surface area (Å²) >= 11 is 0. The van der Waals surface area contributed by atoms with Crippen molar-refractivity contribution in [1.29, 1.82) is 0 Å². The fourth-order valence-corrected chi connectivity index (χ4v) is 1.62. The Hall–Kier alpha value is -2.44. The molecule has 0 aliphatic carbocycles. The highest BCUT2D eigenvalue weighted by molar-refractivity contribution is 5.85. The largest absolute Gasteiger partial charge is 0.480 e. The van der Waals surface area contributed by atoms with Crippen LogP contribution in [0.3, 0.4) is 0 Å². The van der Waals surface area contributed by atoms with Gasteiger partial charge in [0.25, 0.3) is 0 Å². The van der Waals surface area contributed by atoms with Crippen LogP contribution in [-0.4, -0.2) is 28.9 Å². The van der Waals surface area contributed by atoms with Crippen LogP contribution >= 0.6 is 0 Å². The van der Waals surface area contributed by atoms with E-state index in [4.69, 9.17) is 10.8 Å². The number of nitrogens with one attached hydrogen (secondary N) is 1. The SMILES string of the molecule is NC(=O)CC[C@H](NC(=O)Cc1cccc(F)c1)C(=O)O. The maximum Gasteiger partial charge on any atom is 0.326 e. The Bertz CT molecular complexity index is 519. The predicted octanol–water partition coefficient (Wildman–Crippen LogP) is 0.203. The first kappa shape index (κ1) is 15.6. The van der Waals surface area contributed by atoms with Crippen molar-refractivity contribution in [2.45, 2.75) is 25.3 Å². The van der Waals surface area contributed by atoms with Gasteiger partial charge in [0.05, 0.1) is 6.42 Å². The number of aliphatic carboxylic acids is 1. The zero-order chi connectivity index (χ0) is 15.1. The Morgan fingerprint density at radius 2 is 2.05 bits per heavy atom. The highest BCUT2D eigenvalue weighted by atomic mass is 19.1. The maximum absolute atomic E-state index is 12.9. The van der Waals surface area contributed by atoms with Gasteiger partial charge in [-0.05, 0) is 24.1 Å². The molecule has 0 saturated carbocycles. The van der Waals surface area contributed by atoms with Gasteiger partial charge in [-0.15, -0.1) is 0 Å². The first-order valence-corrected chi connectivity index (χ1v) is 5.93. The second-order valence-corrected chi connectivity index (χ2v) is 4.27. The lowest BCUT2D eigenvalue weighted by atomic mass is 10.1. The molecule has 7 heteroatoms. The number of hydrogen-bond donors (Lipinski definition) is 3. The van der Waals surface area contributed by atoms with E-state index in [9.17, 15) is 18.8 Å². The van der Waals surface area contributed by atoms with Crippen molar-refractivity contribution >= 4 is 17.8 Å². The molecule has 0 radical (unpaired) electrons. The third-order valence-corrected chi connectivity index (χ3v) is 2.57. The quantitative estimate of drug-likeness (QED) is 0.663. The molecule has 0 aromatic heterocycles. The Kier molecular flexibility index (Phi) is 5.64. The van der Waals surface area contributed by atoms with Crippen LogP contribution in [0.15, 0.2) is 24.3 Å². The second kappa shape index (κ2) is 7.22. The molecule has 6 nitrogen and oxygen atoms in total. The summed E-state index contributed by atoms with van der Waals surface area (Å²) in [6.45, 7) is 0. The average Bonchev–Trinajstić information content (AvgIpc) is 2.33. The first-order chi connectivity index (χ1) is 9.38. The molecule has 1 rings (SSSR count). The van der Waals surface area contributed by atoms with E-state index < -0.39 is 29.6 Å². The second-order valence-electron chi connectivity index (χ2n) is 4.27. The molecule has 0 heterocycles. The molecule has 20 heavy (non-hydrogen) atoms. The van der Waals surface area contributed by atoms with Gasteiger partial charge in [0, 0.05) is 6.42 Å². The lowest BCUT2D eigenvalue weighted by molar-refractivity contribution is -0.142. The lowest BCUT2D eigenvalue weighted by Gasteiger charge is -2.13. The van der Waals surface area contributed by atoms with E-state index in [0.717, 1.165) is 0 Å². The summed E-state index contributed by atoms with van der Waals surface area (Å²) in [4.78, 5) is 33.2. The molecule has 0 unspecified atom stereocenters. The standard InChI is InChI=1S/C13H15FN2O4/c14-9-3-1-2-8(6-9)7-12(18)16-10(13(19)20)4-5-11(15)17/h1-3,6,10H,4-5,7H2,(H2,15,17)(H,16,18)(H,19,20)/t10-/m0/s1. The van der Waals surface area contributed by atoms with E-state index in [1.54, 1.807) is 6.07 Å². The van der Waals surface area contributed by atoms with Gasteiger partial charge < -0.3 is 16.2 Å². The Labute approximate surface area is 114 Å². The van der Waals surface area contributed by atoms with E-state index in [0.29, 0.717) is 5.56 Å². The zero-order valence-electron chi connectivity index (χ0n) is 10.6. The fourth-order valence-electron chi connectivity index (χ4n) is 1.62. The van der Waals surface area contributed by atoms with Crippen molar-refractivity contribution in [3.05, 3.63) is 35.6 Å². The summed E-state index contributed by atoms with van der Waals surface area (Å²) in [7, 11) is 0. The predicted molar refractivity (Wildman–Crippen MR) is 68.1 cm³/mol. The van der Waals surface area contributed by atoms with Crippen LogP contribution in [0, 0.1) is 5.82 Å². The number of carboxylic acid groups (broad SMARTS) is 1. The number of carbonyl (C=O) groups is 3. The third kappa shape index (κ3) is 5.47. The lowest BCUT2D eigenvalue weighted by Crippen LogP contribution is -2.42. The van der Waals surface area contributed by atoms with E-state index in [1.807, 2.05) is 0 Å². The highest BCUT2D eigenvalue weighted by Gasteiger charge is 2.20. The smallest absolute Gasteiger partial charge is 0.326 e. The molecule has 0 fully saturated rings. The summed E-state index contributed by atoms with van der Waals surface area (Å²) in [5, 5.41) is 11.2. The molecular formula is C13H15FN2O4. The van der Waals surface area contributed by atoms with Crippen LogP contribution in [0.5, 0.6) is 0 Å². The van der Waals surface area contributed by atoms with Gasteiger partial charge in [0.2, 0.25) is 11.8 Å². The molecule has 0 bridgehead atoms. The van der Waals surface area contributed by atoms with E-state index >= 15 is 0 Å². The Morgan fingerprint density at radius 1 is 1.35 bits per heavy atom. The van der Waals surface area contributed by atoms with Gasteiger partial charge >= 0.3 is 5.97 Å². The number of primary amides is 1. The van der Waals surface area contributed by atoms with Crippen molar-refractivity contribution in [3.8, 4) is 0 Å². The van der Waals surface area contributed by atoms with Crippen LogP contribution < -0.4 is 11.1 Å². The maximum atomic E-state index is 12.9. The minimum absolute atomic E-state index is 0.0838. The Balaban J connectivity index is 2.57. The number of rotatable bonds is 7. The fraction of sp³-hybridized carbons (Fsp3) is 0.308. The molecule has 1 aromatic rings. The molecule has 2 amide bonds. The van der Waals surface area contributed by atoms with Gasteiger partial charge in [-0.2, -0.15) is 0 Å². The number of nitrogens with two attached hydrogens (primary N) is 1. The summed E-state index contributed by atoms with van der Waals surface area (Å²) < 4.78 is 12.9. The van der Waals surface area contributed by atoms with Crippen molar-refractivity contribution in [2.75, 3.05) is 0 Å². The number of halogens is 1. The van der Waals surface area contributed by atoms with Gasteiger partial charge in [-0.1, -0.05) is 12.1 Å². The Morgan fingerprint density at radius 3 is 2.60 bits per heavy atom. The molecule has 0 saturated heterocycles. The van der Waals surface area contributed by atoms with Crippen molar-refractivity contribution in [3.63, 3.8) is 0 Å². The van der Waals surface area contributed by atoms with E-state index in [-0.39, 0.29) is 19.3 Å². The monoisotopic (exact) mass is 282 g/mol. The van der Waals surface area contributed by atoms with Gasteiger partial charge in [0.15, 0.2) is 0 Å². The summed E-state index contributed by atoms with van der Waals surface area (Å²) in [5.74, 6) is -2.93. The minimum Gasteiger partial charge on any atom is -0.480 e. The number of carbonyl (C=O) groups excluding carboxylic acids is 2. The van der Waals surface area contributed by atoms with Gasteiger partial charge in [-0.25, -0.2) is 9.18 Å². The zero-order valence-corrected chi connectivity index (χ0v) is 10.6. The van der Waals surface area contributed by atoms with Crippen molar-refractivity contribution in [2.24, 2.45) is 5.73 Å². The number of hydrogen-bond acceptors (Lipinski definition) is 3. The highest BCUT2D eigenvalue weighted by Crippen LogP contribution is 2.05. The molecule has 108 valence electrons. The van der Waals surface area contributed by atoms with Gasteiger partial charge in [0.1, 0.15) is 11.9 Å². The summed E-state index contributed by atoms with van der Waals surface area (Å²) in [5.41, 5.74) is 5.36. The van der Waals surface area contributed by atoms with Crippen LogP contribution in [0.25, 0.3) is 0 Å². The molecule has 0 spiro atoms. The number of amides is 2. The summed E-state index contributed by atoms with van der Waals surface area (Å²) in [6, 6.07) is 4.26. The van der Waals surface area contributed by atoms with Crippen LogP contribution in [0.4, 0.5) is 4.39 Å². The van der Waals surface area contributed by atoms with Crippen molar-refractivity contribution in [1.82, 2.24) is 5.32 Å². The normalized spacial score (nSPS) is 11.7. The van der Waals surface area contributed by atoms with Crippen LogP contribution in [-0.2, 0) is 20.8 Å². The van der Waals surface area contributed by atoms with Crippen LogP contribution in [0.2, 0.25) is 0 Å². The van der Waals surface area contributed by atoms with E-state index in [1.165, 1.54) is 18.2 Å². The van der Waals surface area contributed by atoms with Crippen LogP contribution in [0.1, 0.15) is 18.4 Å². The topological polar surface area (TPSA) is 109 Å². The molecule has 0 aliphatic heterocycles. The van der Waals surface area contributed by atoms with E-state index in [2.05, 4.69) is 5.32 Å². The first-order valence-electron chi connectivity index (χ1n) is 5.93. The molecular weight excluding hydrogens is 267 g/mol. The minimum atomic E-state index is -1.25. The molecule has 4 N–H and O–H groups in total. The molecule has 1 aromatic carbocycles.